The van der Waals surface area contributed by atoms with Gasteiger partial charge in [-0.3, -0.25) is 9.59 Å². The number of hydrogen-bond donors (Lipinski definition) is 0. The van der Waals surface area contributed by atoms with Crippen LogP contribution in [0.25, 0.3) is 21.0 Å². The Hall–Kier alpha value is -2.67. The molecule has 4 rings (SSSR count). The summed E-state index contributed by atoms with van der Waals surface area (Å²) >= 11 is 13.8. The summed E-state index contributed by atoms with van der Waals surface area (Å²) in [6, 6.07) is 16.4. The van der Waals surface area contributed by atoms with Gasteiger partial charge in [0.05, 0.1) is 21.8 Å². The minimum Gasteiger partial charge on any atom is -0.465 e. The molecule has 0 radical (unpaired) electrons. The summed E-state index contributed by atoms with van der Waals surface area (Å²) in [4.78, 5) is 29.9. The first-order chi connectivity index (χ1) is 14.5. The lowest BCUT2D eigenvalue weighted by molar-refractivity contribution is -0.143. The zero-order valence-corrected chi connectivity index (χ0v) is 18.2. The topological polar surface area (TPSA) is 60.7 Å². The number of benzene rings is 3. The minimum atomic E-state index is -0.442. The third kappa shape index (κ3) is 3.99. The number of carbonyl (C=O) groups excluding carboxylic acids is 2. The van der Waals surface area contributed by atoms with Crippen LogP contribution < -0.4 is 4.80 Å². The van der Waals surface area contributed by atoms with Crippen LogP contribution in [-0.2, 0) is 16.1 Å². The van der Waals surface area contributed by atoms with Gasteiger partial charge in [-0.05, 0) is 35.9 Å². The maximum absolute atomic E-state index is 13.1. The van der Waals surface area contributed by atoms with Crippen molar-refractivity contribution in [3.8, 4) is 0 Å². The van der Waals surface area contributed by atoms with Crippen LogP contribution in [0.4, 0.5) is 0 Å². The number of aromatic nitrogens is 1. The highest BCUT2D eigenvalue weighted by atomic mass is 35.5. The van der Waals surface area contributed by atoms with Crippen LogP contribution in [0.3, 0.4) is 0 Å². The van der Waals surface area contributed by atoms with E-state index in [9.17, 15) is 9.59 Å². The molecule has 4 aromatic rings. The Kier molecular flexibility index (Phi) is 5.90. The van der Waals surface area contributed by atoms with Gasteiger partial charge in [-0.2, -0.15) is 4.99 Å². The highest BCUT2D eigenvalue weighted by molar-refractivity contribution is 7.16. The number of fused-ring (bicyclic) bond motifs is 2. The van der Waals surface area contributed by atoms with Gasteiger partial charge in [0.15, 0.2) is 4.80 Å². The molecule has 30 heavy (non-hydrogen) atoms. The predicted molar refractivity (Wildman–Crippen MR) is 120 cm³/mol. The monoisotopic (exact) mass is 458 g/mol. The standard InChI is InChI=1S/C22H16Cl2N2O3S/c1-2-29-19(27)12-26-20-17(24)10-14(23)11-18(20)30-22(26)25-21(28)16-9-5-7-13-6-3-4-8-15(13)16/h3-11H,2,12H2,1H3. The predicted octanol–water partition coefficient (Wildman–Crippen LogP) is 5.47. The largest absolute Gasteiger partial charge is 0.465 e. The molecular formula is C22H16Cl2N2O3S. The summed E-state index contributed by atoms with van der Waals surface area (Å²) in [6.07, 6.45) is 0. The Bertz CT molecular complexity index is 1350. The highest BCUT2D eigenvalue weighted by Crippen LogP contribution is 2.30. The Labute approximate surface area is 186 Å². The minimum absolute atomic E-state index is 0.114. The van der Waals surface area contributed by atoms with E-state index in [1.54, 1.807) is 29.7 Å². The summed E-state index contributed by atoms with van der Waals surface area (Å²) in [5, 5.41) is 2.60. The number of nitrogens with zero attached hydrogens (tertiary/aromatic N) is 2. The van der Waals surface area contributed by atoms with E-state index in [-0.39, 0.29) is 13.2 Å². The maximum Gasteiger partial charge on any atom is 0.326 e. The summed E-state index contributed by atoms with van der Waals surface area (Å²) in [5.41, 5.74) is 1.07. The summed E-state index contributed by atoms with van der Waals surface area (Å²) in [6.45, 7) is 1.87. The van der Waals surface area contributed by atoms with Crippen molar-refractivity contribution in [2.24, 2.45) is 4.99 Å². The zero-order chi connectivity index (χ0) is 21.3. The molecule has 8 heteroatoms. The van der Waals surface area contributed by atoms with Gasteiger partial charge in [0.1, 0.15) is 6.54 Å². The maximum atomic E-state index is 13.1. The van der Waals surface area contributed by atoms with Crippen LogP contribution in [0, 0.1) is 0 Å². The smallest absolute Gasteiger partial charge is 0.326 e. The second-order valence-corrected chi connectivity index (χ2v) is 8.31. The van der Waals surface area contributed by atoms with Crippen LogP contribution in [0.15, 0.2) is 59.6 Å². The first-order valence-corrected chi connectivity index (χ1v) is 10.8. The quantitative estimate of drug-likeness (QED) is 0.381. The SMILES string of the molecule is CCOC(=O)Cn1c(=NC(=O)c2cccc3ccccc23)sc2cc(Cl)cc(Cl)c21. The Morgan fingerprint density at radius 3 is 2.67 bits per heavy atom. The molecule has 0 saturated heterocycles. The van der Waals surface area contributed by atoms with Gasteiger partial charge in [-0.1, -0.05) is 70.9 Å². The number of thiazole rings is 1. The molecule has 152 valence electrons. The molecule has 0 aliphatic carbocycles. The van der Waals surface area contributed by atoms with Crippen molar-refractivity contribution in [1.82, 2.24) is 4.57 Å². The Balaban J connectivity index is 1.90. The van der Waals surface area contributed by atoms with Crippen molar-refractivity contribution in [3.63, 3.8) is 0 Å². The number of esters is 1. The van der Waals surface area contributed by atoms with Crippen molar-refractivity contribution in [1.29, 1.82) is 0 Å². The van der Waals surface area contributed by atoms with Crippen LogP contribution in [0.2, 0.25) is 10.0 Å². The van der Waals surface area contributed by atoms with Crippen molar-refractivity contribution in [2.75, 3.05) is 6.61 Å². The second-order valence-electron chi connectivity index (χ2n) is 6.45. The molecular weight excluding hydrogens is 443 g/mol. The normalized spacial score (nSPS) is 11.9. The molecule has 0 N–H and O–H groups in total. The van der Waals surface area contributed by atoms with Gasteiger partial charge >= 0.3 is 5.97 Å². The number of carbonyl (C=O) groups is 2. The molecule has 1 amide bonds. The average molecular weight is 459 g/mol. The van der Waals surface area contributed by atoms with Crippen molar-refractivity contribution < 1.29 is 14.3 Å². The van der Waals surface area contributed by atoms with Crippen LogP contribution in [-0.4, -0.2) is 23.1 Å². The van der Waals surface area contributed by atoms with Gasteiger partial charge in [0, 0.05) is 10.6 Å². The van der Waals surface area contributed by atoms with Gasteiger partial charge in [0.2, 0.25) is 0 Å². The van der Waals surface area contributed by atoms with E-state index in [2.05, 4.69) is 4.99 Å². The summed E-state index contributed by atoms with van der Waals surface area (Å²) in [7, 11) is 0. The van der Waals surface area contributed by atoms with E-state index in [0.717, 1.165) is 15.5 Å². The summed E-state index contributed by atoms with van der Waals surface area (Å²) in [5.74, 6) is -0.847. The van der Waals surface area contributed by atoms with E-state index >= 15 is 0 Å². The molecule has 1 heterocycles. The fourth-order valence-corrected chi connectivity index (χ4v) is 5.07. The van der Waals surface area contributed by atoms with Gasteiger partial charge in [-0.25, -0.2) is 0 Å². The molecule has 0 saturated carbocycles. The fourth-order valence-electron chi connectivity index (χ4n) is 3.26. The molecule has 3 aromatic carbocycles. The summed E-state index contributed by atoms with van der Waals surface area (Å²) < 4.78 is 7.40. The van der Waals surface area contributed by atoms with Gasteiger partial charge in [-0.15, -0.1) is 0 Å². The number of hydrogen-bond acceptors (Lipinski definition) is 4. The third-order valence-electron chi connectivity index (χ3n) is 4.51. The van der Waals surface area contributed by atoms with E-state index in [4.69, 9.17) is 27.9 Å². The van der Waals surface area contributed by atoms with E-state index in [1.807, 2.05) is 36.4 Å². The van der Waals surface area contributed by atoms with E-state index < -0.39 is 11.9 Å². The highest BCUT2D eigenvalue weighted by Gasteiger charge is 2.16. The first-order valence-electron chi connectivity index (χ1n) is 9.18. The van der Waals surface area contributed by atoms with Crippen LogP contribution in [0.1, 0.15) is 17.3 Å². The average Bonchev–Trinajstić information content (AvgIpc) is 3.04. The molecule has 0 unspecified atom stereocenters. The van der Waals surface area contributed by atoms with Crippen molar-refractivity contribution in [2.45, 2.75) is 13.5 Å². The number of amides is 1. The molecule has 0 aliphatic heterocycles. The molecule has 1 aromatic heterocycles. The van der Waals surface area contributed by atoms with E-state index in [1.165, 1.54) is 11.3 Å². The lowest BCUT2D eigenvalue weighted by Crippen LogP contribution is -2.23. The number of rotatable bonds is 4. The van der Waals surface area contributed by atoms with Crippen LogP contribution in [0.5, 0.6) is 0 Å². The molecule has 0 bridgehead atoms. The Morgan fingerprint density at radius 2 is 1.87 bits per heavy atom. The molecule has 0 atom stereocenters. The second kappa shape index (κ2) is 8.60. The molecule has 5 nitrogen and oxygen atoms in total. The third-order valence-corrected chi connectivity index (χ3v) is 6.04. The van der Waals surface area contributed by atoms with Crippen molar-refractivity contribution >= 4 is 67.4 Å². The van der Waals surface area contributed by atoms with Gasteiger partial charge in [0.25, 0.3) is 5.91 Å². The van der Waals surface area contributed by atoms with Crippen LogP contribution >= 0.6 is 34.5 Å². The molecule has 0 spiro atoms. The zero-order valence-electron chi connectivity index (χ0n) is 15.9. The molecule has 0 aliphatic rings. The molecule has 0 fully saturated rings. The van der Waals surface area contributed by atoms with Crippen molar-refractivity contribution in [3.05, 3.63) is 75.0 Å². The lowest BCUT2D eigenvalue weighted by atomic mass is 10.0. The number of halogens is 2. The first kappa shape index (κ1) is 20.6. The Morgan fingerprint density at radius 1 is 1.10 bits per heavy atom. The van der Waals surface area contributed by atoms with Gasteiger partial charge < -0.3 is 9.30 Å². The van der Waals surface area contributed by atoms with E-state index in [0.29, 0.717) is 25.9 Å². The fraction of sp³-hybridized carbons (Fsp3) is 0.136. The lowest BCUT2D eigenvalue weighted by Gasteiger charge is -2.07. The number of ether oxygens (including phenoxy) is 1.